The van der Waals surface area contributed by atoms with Gasteiger partial charge in [0.25, 0.3) is 0 Å². The van der Waals surface area contributed by atoms with Crippen molar-refractivity contribution in [3.63, 3.8) is 0 Å². The van der Waals surface area contributed by atoms with E-state index in [4.69, 9.17) is 10.00 Å². The number of methoxy groups -OCH3 is 1. The van der Waals surface area contributed by atoms with Gasteiger partial charge in [0.2, 0.25) is 5.91 Å². The average Bonchev–Trinajstić information content (AvgIpc) is 2.89. The van der Waals surface area contributed by atoms with Crippen molar-refractivity contribution in [2.24, 2.45) is 5.92 Å². The molecular formula is C16H21N3O3. The molecule has 1 heterocycles. The largest absolute Gasteiger partial charge is 0.396 e. The van der Waals surface area contributed by atoms with Crippen LogP contribution in [-0.4, -0.2) is 55.4 Å². The molecule has 2 atom stereocenters. The summed E-state index contributed by atoms with van der Waals surface area (Å²) in [5.74, 6) is -0.153. The number of nitriles is 1. The maximum atomic E-state index is 11.6. The van der Waals surface area contributed by atoms with Gasteiger partial charge in [-0.2, -0.15) is 5.26 Å². The number of amides is 1. The van der Waals surface area contributed by atoms with E-state index in [1.54, 1.807) is 6.07 Å². The topological polar surface area (TPSA) is 85.6 Å². The molecule has 0 radical (unpaired) electrons. The first kappa shape index (κ1) is 16.4. The van der Waals surface area contributed by atoms with Crippen LogP contribution >= 0.6 is 0 Å². The number of nitrogens with one attached hydrogen (secondary N) is 1. The minimum absolute atomic E-state index is 0.0138. The Morgan fingerprint density at radius 3 is 3.05 bits per heavy atom. The molecular weight excluding hydrogens is 282 g/mol. The number of ether oxygens (including phenoxy) is 1. The van der Waals surface area contributed by atoms with Crippen molar-refractivity contribution < 1.29 is 14.6 Å². The number of rotatable bonds is 6. The Kier molecular flexibility index (Phi) is 5.90. The third kappa shape index (κ3) is 4.28. The molecule has 1 aromatic carbocycles. The van der Waals surface area contributed by atoms with Gasteiger partial charge < -0.3 is 15.2 Å². The van der Waals surface area contributed by atoms with E-state index in [1.165, 1.54) is 7.11 Å². The molecule has 0 aromatic heterocycles. The summed E-state index contributed by atoms with van der Waals surface area (Å²) in [4.78, 5) is 13.8. The molecule has 1 aromatic rings. The molecule has 2 N–H and O–H groups in total. The molecule has 1 aliphatic rings. The van der Waals surface area contributed by atoms with Gasteiger partial charge in [0, 0.05) is 45.3 Å². The predicted molar refractivity (Wildman–Crippen MR) is 80.8 cm³/mol. The van der Waals surface area contributed by atoms with Crippen LogP contribution in [0.2, 0.25) is 0 Å². The van der Waals surface area contributed by atoms with Gasteiger partial charge >= 0.3 is 0 Å². The zero-order chi connectivity index (χ0) is 15.9. The number of aliphatic hydroxyl groups excluding tert-OH is 1. The number of aliphatic hydroxyl groups is 1. The molecule has 2 rings (SSSR count). The fourth-order valence-corrected chi connectivity index (χ4v) is 2.82. The molecule has 1 fully saturated rings. The third-order valence-electron chi connectivity index (χ3n) is 3.84. The van der Waals surface area contributed by atoms with Gasteiger partial charge in [-0.25, -0.2) is 0 Å². The Bertz CT molecular complexity index is 556. The van der Waals surface area contributed by atoms with E-state index in [9.17, 15) is 9.90 Å². The normalized spacial score (nSPS) is 21.5. The van der Waals surface area contributed by atoms with Crippen molar-refractivity contribution in [3.05, 3.63) is 35.4 Å². The lowest BCUT2D eigenvalue weighted by Gasteiger charge is -2.18. The van der Waals surface area contributed by atoms with E-state index in [2.05, 4.69) is 16.3 Å². The summed E-state index contributed by atoms with van der Waals surface area (Å²) in [5, 5.41) is 21.3. The summed E-state index contributed by atoms with van der Waals surface area (Å²) in [6.07, 6.45) is 0. The van der Waals surface area contributed by atoms with Crippen molar-refractivity contribution in [1.82, 2.24) is 10.2 Å². The van der Waals surface area contributed by atoms with Crippen LogP contribution in [0, 0.1) is 17.2 Å². The molecule has 0 aliphatic carbocycles. The van der Waals surface area contributed by atoms with Crippen molar-refractivity contribution in [2.45, 2.75) is 12.6 Å². The van der Waals surface area contributed by atoms with Crippen LogP contribution in [0.25, 0.3) is 0 Å². The van der Waals surface area contributed by atoms with Crippen LogP contribution in [0.1, 0.15) is 11.1 Å². The standard InChI is InChI=1S/C16H21N3O3/c1-22-11-16(21)18-15-9-19(8-14(15)10-20)7-13-4-2-3-12(5-13)6-17/h2-5,14-15,20H,7-11H2,1H3,(H,18,21). The molecule has 22 heavy (non-hydrogen) atoms. The van der Waals surface area contributed by atoms with Crippen LogP contribution in [0.3, 0.4) is 0 Å². The van der Waals surface area contributed by atoms with Crippen molar-refractivity contribution >= 4 is 5.91 Å². The van der Waals surface area contributed by atoms with Crippen LogP contribution < -0.4 is 5.32 Å². The summed E-state index contributed by atoms with van der Waals surface area (Å²) < 4.78 is 4.81. The fraction of sp³-hybridized carbons (Fsp3) is 0.500. The molecule has 0 saturated carbocycles. The Hall–Kier alpha value is -1.94. The van der Waals surface area contributed by atoms with Gasteiger partial charge in [-0.15, -0.1) is 0 Å². The molecule has 118 valence electrons. The minimum atomic E-state index is -0.167. The van der Waals surface area contributed by atoms with Crippen LogP contribution in [0.4, 0.5) is 0 Å². The Morgan fingerprint density at radius 2 is 2.36 bits per heavy atom. The van der Waals surface area contributed by atoms with E-state index in [0.717, 1.165) is 5.56 Å². The highest BCUT2D eigenvalue weighted by atomic mass is 16.5. The van der Waals surface area contributed by atoms with Gasteiger partial charge in [0.05, 0.1) is 11.6 Å². The Morgan fingerprint density at radius 1 is 1.55 bits per heavy atom. The number of hydrogen-bond acceptors (Lipinski definition) is 5. The van der Waals surface area contributed by atoms with Crippen molar-refractivity contribution in [3.8, 4) is 6.07 Å². The molecule has 6 heteroatoms. The highest BCUT2D eigenvalue weighted by molar-refractivity contribution is 5.77. The average molecular weight is 303 g/mol. The summed E-state index contributed by atoms with van der Waals surface area (Å²) in [7, 11) is 1.48. The fourth-order valence-electron chi connectivity index (χ4n) is 2.82. The predicted octanol–water partition coefficient (Wildman–Crippen LogP) is 0.114. The zero-order valence-corrected chi connectivity index (χ0v) is 12.7. The highest BCUT2D eigenvalue weighted by Gasteiger charge is 2.33. The number of likely N-dealkylation sites (tertiary alicyclic amines) is 1. The number of nitrogens with zero attached hydrogens (tertiary/aromatic N) is 2. The number of benzene rings is 1. The molecule has 0 bridgehead atoms. The lowest BCUT2D eigenvalue weighted by molar-refractivity contribution is -0.125. The second-order valence-electron chi connectivity index (χ2n) is 5.56. The maximum absolute atomic E-state index is 11.6. The van der Waals surface area contributed by atoms with Gasteiger partial charge in [0.15, 0.2) is 0 Å². The molecule has 2 unspecified atom stereocenters. The second kappa shape index (κ2) is 7.90. The quantitative estimate of drug-likeness (QED) is 0.779. The smallest absolute Gasteiger partial charge is 0.246 e. The summed E-state index contributed by atoms with van der Waals surface area (Å²) in [6.45, 7) is 2.15. The molecule has 0 spiro atoms. The first-order valence-corrected chi connectivity index (χ1v) is 7.26. The summed E-state index contributed by atoms with van der Waals surface area (Å²) in [6, 6.07) is 9.54. The second-order valence-corrected chi connectivity index (χ2v) is 5.56. The highest BCUT2D eigenvalue weighted by Crippen LogP contribution is 2.19. The lowest BCUT2D eigenvalue weighted by Crippen LogP contribution is -2.43. The SMILES string of the molecule is COCC(=O)NC1CN(Cc2cccc(C#N)c2)CC1CO. The van der Waals surface area contributed by atoms with E-state index >= 15 is 0 Å². The number of hydrogen-bond donors (Lipinski definition) is 2. The first-order chi connectivity index (χ1) is 10.7. The van der Waals surface area contributed by atoms with Crippen LogP contribution in [-0.2, 0) is 16.1 Å². The monoisotopic (exact) mass is 303 g/mol. The van der Waals surface area contributed by atoms with E-state index < -0.39 is 0 Å². The molecule has 1 saturated heterocycles. The van der Waals surface area contributed by atoms with Crippen LogP contribution in [0.5, 0.6) is 0 Å². The number of carbonyl (C=O) groups is 1. The summed E-state index contributed by atoms with van der Waals surface area (Å²) >= 11 is 0. The van der Waals surface area contributed by atoms with Gasteiger partial charge in [0.1, 0.15) is 6.61 Å². The van der Waals surface area contributed by atoms with Crippen LogP contribution in [0.15, 0.2) is 24.3 Å². The first-order valence-electron chi connectivity index (χ1n) is 7.26. The molecule has 6 nitrogen and oxygen atoms in total. The maximum Gasteiger partial charge on any atom is 0.246 e. The number of carbonyl (C=O) groups excluding carboxylic acids is 1. The third-order valence-corrected chi connectivity index (χ3v) is 3.84. The molecule has 1 aliphatic heterocycles. The Balaban J connectivity index is 1.96. The van der Waals surface area contributed by atoms with Gasteiger partial charge in [-0.1, -0.05) is 12.1 Å². The summed E-state index contributed by atoms with van der Waals surface area (Å²) in [5.41, 5.74) is 1.69. The molecule has 1 amide bonds. The Labute approximate surface area is 130 Å². The van der Waals surface area contributed by atoms with Crippen molar-refractivity contribution in [1.29, 1.82) is 5.26 Å². The van der Waals surface area contributed by atoms with E-state index in [1.807, 2.05) is 18.2 Å². The van der Waals surface area contributed by atoms with E-state index in [-0.39, 0.29) is 31.1 Å². The van der Waals surface area contributed by atoms with Gasteiger partial charge in [-0.3, -0.25) is 9.69 Å². The lowest BCUT2D eigenvalue weighted by atomic mass is 10.1. The van der Waals surface area contributed by atoms with Crippen molar-refractivity contribution in [2.75, 3.05) is 33.4 Å². The van der Waals surface area contributed by atoms with E-state index in [0.29, 0.717) is 25.2 Å². The van der Waals surface area contributed by atoms with Gasteiger partial charge in [-0.05, 0) is 17.7 Å². The zero-order valence-electron chi connectivity index (χ0n) is 12.7. The minimum Gasteiger partial charge on any atom is -0.396 e.